The molecule has 8 nitrogen and oxygen atoms in total. The molecule has 0 fully saturated rings. The van der Waals surface area contributed by atoms with E-state index in [0.717, 1.165) is 50.1 Å². The summed E-state index contributed by atoms with van der Waals surface area (Å²) in [7, 11) is 0. The Hall–Kier alpha value is -5.73. The van der Waals surface area contributed by atoms with Crippen molar-refractivity contribution >= 4 is 16.7 Å². The summed E-state index contributed by atoms with van der Waals surface area (Å²) in [5.74, 6) is 0.446. The molecule has 0 saturated heterocycles. The number of H-pyrrole nitrogens is 2. The van der Waals surface area contributed by atoms with Crippen molar-refractivity contribution < 1.29 is 5.11 Å². The number of anilines is 1. The fraction of sp³-hybridized carbons (Fsp3) is 0.0833. The van der Waals surface area contributed by atoms with Gasteiger partial charge >= 0.3 is 0 Å². The van der Waals surface area contributed by atoms with Gasteiger partial charge in [0.05, 0.1) is 29.2 Å². The molecular weight excluding hydrogens is 548 g/mol. The minimum atomic E-state index is -0.844. The quantitative estimate of drug-likeness (QED) is 0.157. The SMILES string of the molecule is Cc1cc(-n2ccnc2)cc2[nH]c(-c3c(NCC(O)c4cc(-c5ccccc5)cc(-c5ccccc5)c4)cc[nH]c3=O)nc12. The van der Waals surface area contributed by atoms with E-state index in [-0.39, 0.29) is 12.1 Å². The third-order valence-corrected chi connectivity index (χ3v) is 7.80. The van der Waals surface area contributed by atoms with Gasteiger partial charge < -0.3 is 25.0 Å². The predicted octanol–water partition coefficient (Wildman–Crippen LogP) is 6.89. The molecule has 1 unspecified atom stereocenters. The summed E-state index contributed by atoms with van der Waals surface area (Å²) in [6.07, 6.45) is 6.10. The van der Waals surface area contributed by atoms with E-state index in [0.29, 0.717) is 17.1 Å². The molecule has 7 rings (SSSR count). The molecule has 0 spiro atoms. The third-order valence-electron chi connectivity index (χ3n) is 7.80. The highest BCUT2D eigenvalue weighted by Crippen LogP contribution is 2.32. The first-order chi connectivity index (χ1) is 21.5. The average Bonchev–Trinajstić information content (AvgIpc) is 3.75. The molecule has 3 aromatic heterocycles. The van der Waals surface area contributed by atoms with Gasteiger partial charge in [0.1, 0.15) is 11.4 Å². The Morgan fingerprint density at radius 3 is 2.25 bits per heavy atom. The van der Waals surface area contributed by atoms with Gasteiger partial charge in [0.15, 0.2) is 0 Å². The number of aromatic amines is 2. The maximum Gasteiger partial charge on any atom is 0.261 e. The van der Waals surface area contributed by atoms with E-state index in [1.165, 1.54) is 0 Å². The largest absolute Gasteiger partial charge is 0.387 e. The second-order valence-electron chi connectivity index (χ2n) is 10.8. The molecule has 0 bridgehead atoms. The second kappa shape index (κ2) is 11.5. The lowest BCUT2D eigenvalue weighted by Gasteiger charge is -2.17. The Labute approximate surface area is 253 Å². The molecule has 1 atom stereocenters. The highest BCUT2D eigenvalue weighted by atomic mass is 16.3. The van der Waals surface area contributed by atoms with E-state index in [2.05, 4.69) is 50.6 Å². The zero-order valence-electron chi connectivity index (χ0n) is 24.0. The minimum absolute atomic E-state index is 0.187. The maximum absolute atomic E-state index is 13.1. The van der Waals surface area contributed by atoms with Crippen LogP contribution < -0.4 is 10.9 Å². The lowest BCUT2D eigenvalue weighted by atomic mass is 9.94. The zero-order chi connectivity index (χ0) is 30.0. The number of hydrogen-bond donors (Lipinski definition) is 4. The molecule has 4 N–H and O–H groups in total. The van der Waals surface area contributed by atoms with Crippen molar-refractivity contribution in [3.05, 3.63) is 143 Å². The first kappa shape index (κ1) is 27.1. The van der Waals surface area contributed by atoms with Gasteiger partial charge in [0.25, 0.3) is 5.56 Å². The Morgan fingerprint density at radius 2 is 1.59 bits per heavy atom. The number of nitrogens with zero attached hydrogens (tertiary/aromatic N) is 3. The Morgan fingerprint density at radius 1 is 0.886 bits per heavy atom. The number of aryl methyl sites for hydroxylation is 1. The van der Waals surface area contributed by atoms with Crippen molar-refractivity contribution in [2.75, 3.05) is 11.9 Å². The number of imidazole rings is 2. The molecule has 216 valence electrons. The van der Waals surface area contributed by atoms with Gasteiger partial charge in [0, 0.05) is 30.8 Å². The number of aliphatic hydroxyl groups is 1. The van der Waals surface area contributed by atoms with Crippen molar-refractivity contribution in [3.8, 4) is 39.3 Å². The Bertz CT molecular complexity index is 2060. The molecule has 8 heteroatoms. The highest BCUT2D eigenvalue weighted by molar-refractivity contribution is 5.86. The van der Waals surface area contributed by atoms with Gasteiger partial charge in [-0.25, -0.2) is 9.97 Å². The second-order valence-corrected chi connectivity index (χ2v) is 10.8. The number of hydrogen-bond acceptors (Lipinski definition) is 5. The van der Waals surface area contributed by atoms with E-state index >= 15 is 0 Å². The molecule has 0 aliphatic heterocycles. The zero-order valence-corrected chi connectivity index (χ0v) is 24.0. The maximum atomic E-state index is 13.1. The van der Waals surface area contributed by atoms with Crippen LogP contribution in [0, 0.1) is 6.92 Å². The van der Waals surface area contributed by atoms with Crippen LogP contribution in [0.5, 0.6) is 0 Å². The lowest BCUT2D eigenvalue weighted by Crippen LogP contribution is -2.17. The first-order valence-electron chi connectivity index (χ1n) is 14.4. The molecule has 0 aliphatic rings. The first-order valence-corrected chi connectivity index (χ1v) is 14.4. The summed E-state index contributed by atoms with van der Waals surface area (Å²) in [4.78, 5) is 28.2. The highest BCUT2D eigenvalue weighted by Gasteiger charge is 2.18. The normalized spacial score (nSPS) is 12.0. The number of aromatic nitrogens is 5. The van der Waals surface area contributed by atoms with Crippen LogP contribution >= 0.6 is 0 Å². The lowest BCUT2D eigenvalue weighted by molar-refractivity contribution is 0.192. The van der Waals surface area contributed by atoms with Crippen molar-refractivity contribution in [2.24, 2.45) is 0 Å². The fourth-order valence-electron chi connectivity index (χ4n) is 5.57. The van der Waals surface area contributed by atoms with Crippen molar-refractivity contribution in [2.45, 2.75) is 13.0 Å². The van der Waals surface area contributed by atoms with Gasteiger partial charge in [-0.15, -0.1) is 0 Å². The van der Waals surface area contributed by atoms with Gasteiger partial charge in [-0.05, 0) is 76.7 Å². The summed E-state index contributed by atoms with van der Waals surface area (Å²) in [5.41, 5.74) is 9.12. The van der Waals surface area contributed by atoms with Crippen LogP contribution in [0.25, 0.3) is 50.4 Å². The molecule has 0 radical (unpaired) electrons. The third kappa shape index (κ3) is 5.30. The average molecular weight is 579 g/mol. The minimum Gasteiger partial charge on any atom is -0.387 e. The summed E-state index contributed by atoms with van der Waals surface area (Å²) in [5, 5.41) is 14.8. The van der Waals surface area contributed by atoms with Crippen LogP contribution in [-0.2, 0) is 0 Å². The van der Waals surface area contributed by atoms with Crippen LogP contribution in [0.15, 0.2) is 127 Å². The molecule has 44 heavy (non-hydrogen) atoms. The summed E-state index contributed by atoms with van der Waals surface area (Å²) in [6, 6.07) is 32.3. The molecule has 0 saturated carbocycles. The van der Waals surface area contributed by atoms with E-state index in [1.807, 2.05) is 78.4 Å². The molecule has 4 aromatic carbocycles. The molecule has 3 heterocycles. The van der Waals surface area contributed by atoms with Crippen LogP contribution in [0.2, 0.25) is 0 Å². The van der Waals surface area contributed by atoms with Gasteiger partial charge in [-0.2, -0.15) is 0 Å². The molecular formula is C36H30N6O2. The summed E-state index contributed by atoms with van der Waals surface area (Å²) >= 11 is 0. The van der Waals surface area contributed by atoms with Crippen LogP contribution in [0.4, 0.5) is 5.69 Å². The number of aliphatic hydroxyl groups excluding tert-OH is 1. The van der Waals surface area contributed by atoms with Gasteiger partial charge in [-0.3, -0.25) is 4.79 Å². The summed E-state index contributed by atoms with van der Waals surface area (Å²) < 4.78 is 1.92. The number of nitrogens with one attached hydrogen (secondary N) is 3. The van der Waals surface area contributed by atoms with E-state index in [1.54, 1.807) is 24.8 Å². The molecule has 0 amide bonds. The smallest absolute Gasteiger partial charge is 0.261 e. The van der Waals surface area contributed by atoms with Gasteiger partial charge in [-0.1, -0.05) is 60.7 Å². The molecule has 0 aliphatic carbocycles. The molecule has 7 aromatic rings. The number of pyridine rings is 1. The van der Waals surface area contributed by atoms with Crippen LogP contribution in [0.1, 0.15) is 17.2 Å². The van der Waals surface area contributed by atoms with E-state index in [4.69, 9.17) is 4.98 Å². The number of fused-ring (bicyclic) bond motifs is 1. The monoisotopic (exact) mass is 578 g/mol. The summed E-state index contributed by atoms with van der Waals surface area (Å²) in [6.45, 7) is 2.18. The topological polar surface area (TPSA) is 112 Å². The fourth-order valence-corrected chi connectivity index (χ4v) is 5.57. The van der Waals surface area contributed by atoms with Crippen molar-refractivity contribution in [1.29, 1.82) is 0 Å². The van der Waals surface area contributed by atoms with E-state index in [9.17, 15) is 9.90 Å². The standard InChI is InChI=1S/C36H30N6O2/c1-23-16-29(42-15-14-37-22-42)20-31-34(23)41-35(40-31)33-30(12-13-38-36(33)44)39-21-32(43)28-18-26(24-8-4-2-5-9-24)17-27(19-28)25-10-6-3-7-11-25/h2-20,22,32,43H,21H2,1H3,(H,40,41)(H2,38,39,44). The Kier molecular flexibility index (Phi) is 7.09. The predicted molar refractivity (Wildman–Crippen MR) is 175 cm³/mol. The van der Waals surface area contributed by atoms with Crippen LogP contribution in [0.3, 0.4) is 0 Å². The number of rotatable bonds is 8. The van der Waals surface area contributed by atoms with E-state index < -0.39 is 6.10 Å². The number of benzene rings is 4. The Balaban J connectivity index is 1.21. The van der Waals surface area contributed by atoms with Crippen molar-refractivity contribution in [3.63, 3.8) is 0 Å². The van der Waals surface area contributed by atoms with Crippen molar-refractivity contribution in [1.82, 2.24) is 24.5 Å². The van der Waals surface area contributed by atoms with Gasteiger partial charge in [0.2, 0.25) is 0 Å². The van der Waals surface area contributed by atoms with Crippen LogP contribution in [-0.4, -0.2) is 36.2 Å².